The molecule has 0 aromatic carbocycles. The molecule has 0 saturated heterocycles. The van der Waals surface area contributed by atoms with Crippen molar-refractivity contribution in [3.8, 4) is 0 Å². The van der Waals surface area contributed by atoms with Crippen molar-refractivity contribution in [2.45, 2.75) is 104 Å². The molecule has 0 aliphatic rings. The van der Waals surface area contributed by atoms with Gasteiger partial charge in [-0.05, 0) is 39.0 Å². The van der Waals surface area contributed by atoms with Crippen molar-refractivity contribution in [3.05, 3.63) is 0 Å². The molecular formula is C22H46INO2. The second-order valence-electron chi connectivity index (χ2n) is 8.18. The summed E-state index contributed by atoms with van der Waals surface area (Å²) >= 11 is 0. The van der Waals surface area contributed by atoms with Gasteiger partial charge in [-0.1, -0.05) is 58.3 Å². The quantitative estimate of drug-likeness (QED) is 0.130. The van der Waals surface area contributed by atoms with Crippen LogP contribution < -0.4 is 24.0 Å². The van der Waals surface area contributed by atoms with Crippen LogP contribution in [0, 0.1) is 0 Å². The summed E-state index contributed by atoms with van der Waals surface area (Å²) in [6, 6.07) is 0. The van der Waals surface area contributed by atoms with Gasteiger partial charge in [-0.3, -0.25) is 4.79 Å². The number of esters is 1. The monoisotopic (exact) mass is 483 g/mol. The van der Waals surface area contributed by atoms with E-state index in [0.717, 1.165) is 17.3 Å². The average Bonchev–Trinajstić information content (AvgIpc) is 2.56. The Bertz CT molecular complexity index is 309. The molecule has 0 fully saturated rings. The third kappa shape index (κ3) is 20.5. The lowest BCUT2D eigenvalue weighted by Crippen LogP contribution is -3.00. The van der Waals surface area contributed by atoms with Crippen molar-refractivity contribution in [1.29, 1.82) is 0 Å². The van der Waals surface area contributed by atoms with Gasteiger partial charge in [0.05, 0.1) is 33.8 Å². The Morgan fingerprint density at radius 3 is 1.58 bits per heavy atom. The Balaban J connectivity index is 0. The first kappa shape index (κ1) is 28.4. The van der Waals surface area contributed by atoms with Crippen molar-refractivity contribution in [1.82, 2.24) is 0 Å². The van der Waals surface area contributed by atoms with Crippen LogP contribution in [-0.2, 0) is 9.53 Å². The zero-order valence-electron chi connectivity index (χ0n) is 18.2. The Morgan fingerprint density at radius 1 is 0.692 bits per heavy atom. The van der Waals surface area contributed by atoms with E-state index in [9.17, 15) is 4.79 Å². The summed E-state index contributed by atoms with van der Waals surface area (Å²) in [4.78, 5) is 11.3. The van der Waals surface area contributed by atoms with Gasteiger partial charge < -0.3 is 33.2 Å². The van der Waals surface area contributed by atoms with Gasteiger partial charge in [-0.25, -0.2) is 0 Å². The lowest BCUT2D eigenvalue weighted by molar-refractivity contribution is -0.890. The van der Waals surface area contributed by atoms with Crippen molar-refractivity contribution in [2.75, 3.05) is 33.8 Å². The molecule has 0 aromatic heterocycles. The second-order valence-corrected chi connectivity index (χ2v) is 8.18. The van der Waals surface area contributed by atoms with Crippen molar-refractivity contribution < 1.29 is 38.0 Å². The normalized spacial score (nSPS) is 11.2. The summed E-state index contributed by atoms with van der Waals surface area (Å²) in [7, 11) is 4.69. The molecule has 0 unspecified atom stereocenters. The summed E-state index contributed by atoms with van der Waals surface area (Å²) in [5, 5.41) is 0. The van der Waals surface area contributed by atoms with Crippen LogP contribution >= 0.6 is 0 Å². The van der Waals surface area contributed by atoms with Crippen LogP contribution in [0.3, 0.4) is 0 Å². The number of carbonyl (C=O) groups excluding carboxylic acids is 1. The lowest BCUT2D eigenvalue weighted by Gasteiger charge is -2.30. The van der Waals surface area contributed by atoms with E-state index in [1.54, 1.807) is 0 Å². The van der Waals surface area contributed by atoms with E-state index in [1.807, 2.05) is 6.92 Å². The first-order valence-corrected chi connectivity index (χ1v) is 11.0. The smallest absolute Gasteiger partial charge is 0.305 e. The fraction of sp³-hybridized carbons (Fsp3) is 0.955. The van der Waals surface area contributed by atoms with Gasteiger partial charge >= 0.3 is 5.97 Å². The summed E-state index contributed by atoms with van der Waals surface area (Å²) in [5.74, 6) is -0.0402. The molecule has 0 spiro atoms. The van der Waals surface area contributed by atoms with Crippen LogP contribution in [-0.4, -0.2) is 44.2 Å². The van der Waals surface area contributed by atoms with Crippen LogP contribution in [0.2, 0.25) is 0 Å². The summed E-state index contributed by atoms with van der Waals surface area (Å²) in [6.07, 6.45) is 18.0. The molecule has 0 aliphatic carbocycles. The summed E-state index contributed by atoms with van der Waals surface area (Å²) < 4.78 is 6.09. The average molecular weight is 484 g/mol. The first-order valence-electron chi connectivity index (χ1n) is 11.0. The Morgan fingerprint density at radius 2 is 1.12 bits per heavy atom. The maximum atomic E-state index is 11.3. The van der Waals surface area contributed by atoms with Crippen LogP contribution in [0.4, 0.5) is 0 Å². The van der Waals surface area contributed by atoms with Crippen LogP contribution in [0.15, 0.2) is 0 Å². The van der Waals surface area contributed by atoms with Crippen LogP contribution in [0.1, 0.15) is 104 Å². The molecule has 0 heterocycles. The van der Waals surface area contributed by atoms with E-state index in [1.165, 1.54) is 83.7 Å². The maximum absolute atomic E-state index is 11.3. The SMILES string of the molecule is CCCCCCCCCCCC[N+](C)(C)CCCCCC(=O)OCC.[I-]. The minimum absolute atomic E-state index is 0. The van der Waals surface area contributed by atoms with Crippen molar-refractivity contribution in [3.63, 3.8) is 0 Å². The van der Waals surface area contributed by atoms with Crippen LogP contribution in [0.5, 0.6) is 0 Å². The molecule has 4 heteroatoms. The van der Waals surface area contributed by atoms with Gasteiger partial charge in [0.25, 0.3) is 0 Å². The molecule has 3 nitrogen and oxygen atoms in total. The second kappa shape index (κ2) is 19.9. The molecule has 0 aliphatic heterocycles. The Kier molecular flexibility index (Phi) is 21.7. The highest BCUT2D eigenvalue weighted by Crippen LogP contribution is 2.12. The highest BCUT2D eigenvalue weighted by molar-refractivity contribution is 5.69. The summed E-state index contributed by atoms with van der Waals surface area (Å²) in [5.41, 5.74) is 0. The Hall–Kier alpha value is 0.160. The minimum Gasteiger partial charge on any atom is -1.00 e. The molecule has 0 atom stereocenters. The summed E-state index contributed by atoms with van der Waals surface area (Å²) in [6.45, 7) is 7.16. The lowest BCUT2D eigenvalue weighted by atomic mass is 10.1. The van der Waals surface area contributed by atoms with E-state index in [4.69, 9.17) is 4.74 Å². The zero-order valence-corrected chi connectivity index (χ0v) is 20.3. The van der Waals surface area contributed by atoms with E-state index in [0.29, 0.717) is 13.0 Å². The molecular weight excluding hydrogens is 437 g/mol. The van der Waals surface area contributed by atoms with E-state index in [-0.39, 0.29) is 29.9 Å². The van der Waals surface area contributed by atoms with Gasteiger partial charge in [0.15, 0.2) is 0 Å². The molecule has 26 heavy (non-hydrogen) atoms. The van der Waals surface area contributed by atoms with E-state index >= 15 is 0 Å². The predicted molar refractivity (Wildman–Crippen MR) is 109 cm³/mol. The van der Waals surface area contributed by atoms with Crippen LogP contribution in [0.25, 0.3) is 0 Å². The van der Waals surface area contributed by atoms with E-state index in [2.05, 4.69) is 21.0 Å². The van der Waals surface area contributed by atoms with E-state index < -0.39 is 0 Å². The predicted octanol–water partition coefficient (Wildman–Crippen LogP) is 3.11. The first-order chi connectivity index (χ1) is 12.0. The third-order valence-corrected chi connectivity index (χ3v) is 5.07. The van der Waals surface area contributed by atoms with Gasteiger partial charge in [0.2, 0.25) is 0 Å². The zero-order chi connectivity index (χ0) is 18.8. The minimum atomic E-state index is -0.0402. The molecule has 0 N–H and O–H groups in total. The number of hydrogen-bond donors (Lipinski definition) is 0. The Labute approximate surface area is 181 Å². The maximum Gasteiger partial charge on any atom is 0.305 e. The molecule has 0 bridgehead atoms. The number of rotatable bonds is 18. The molecule has 0 radical (unpaired) electrons. The number of nitrogens with zero attached hydrogens (tertiary/aromatic N) is 1. The highest BCUT2D eigenvalue weighted by Gasteiger charge is 2.13. The number of hydrogen-bond acceptors (Lipinski definition) is 2. The number of carbonyl (C=O) groups is 1. The van der Waals surface area contributed by atoms with Crippen molar-refractivity contribution in [2.24, 2.45) is 0 Å². The highest BCUT2D eigenvalue weighted by atomic mass is 127. The topological polar surface area (TPSA) is 26.3 Å². The van der Waals surface area contributed by atoms with Gasteiger partial charge in [-0.15, -0.1) is 0 Å². The molecule has 158 valence electrons. The standard InChI is InChI=1S/C22H46NO2.HI/c1-5-7-8-9-10-11-12-13-14-17-20-23(3,4)21-18-15-16-19-22(24)25-6-2;/h5-21H2,1-4H3;1H/q+1;/p-1. The van der Waals surface area contributed by atoms with Gasteiger partial charge in [-0.2, -0.15) is 0 Å². The molecule has 0 aromatic rings. The fourth-order valence-electron chi connectivity index (χ4n) is 3.36. The van der Waals surface area contributed by atoms with Crippen molar-refractivity contribution >= 4 is 5.97 Å². The number of quaternary nitrogens is 1. The number of unbranched alkanes of at least 4 members (excludes halogenated alkanes) is 11. The van der Waals surface area contributed by atoms with Gasteiger partial charge in [0.1, 0.15) is 0 Å². The molecule has 0 saturated carbocycles. The fourth-order valence-corrected chi connectivity index (χ4v) is 3.36. The third-order valence-electron chi connectivity index (χ3n) is 5.07. The molecule has 0 rings (SSSR count). The van der Waals surface area contributed by atoms with Gasteiger partial charge in [0, 0.05) is 6.42 Å². The number of halogens is 1. The number of ether oxygens (including phenoxy) is 1. The largest absolute Gasteiger partial charge is 1.00 e. The molecule has 0 amide bonds.